The van der Waals surface area contributed by atoms with Crippen LogP contribution in [0.25, 0.3) is 0 Å². The topological polar surface area (TPSA) is 90.5 Å². The minimum absolute atomic E-state index is 0.0350. The normalized spacial score (nSPS) is 10.2. The molecule has 0 aliphatic rings. The first-order chi connectivity index (χ1) is 15.5. The number of amides is 3. The van der Waals surface area contributed by atoms with E-state index in [-0.39, 0.29) is 24.3 Å². The summed E-state index contributed by atoms with van der Waals surface area (Å²) in [6.07, 6.45) is 0.392. The highest BCUT2D eigenvalue weighted by Gasteiger charge is 2.14. The van der Waals surface area contributed by atoms with Gasteiger partial charge in [0.2, 0.25) is 11.8 Å². The van der Waals surface area contributed by atoms with Gasteiger partial charge in [-0.1, -0.05) is 37.3 Å². The molecule has 3 rings (SSSR count). The summed E-state index contributed by atoms with van der Waals surface area (Å²) in [5.74, 6) is -0.502. The Kier molecular flexibility index (Phi) is 7.59. The van der Waals surface area contributed by atoms with Crippen molar-refractivity contribution in [3.05, 3.63) is 84.4 Å². The number of hydrogen-bond donors (Lipinski definition) is 3. The molecule has 0 aliphatic heterocycles. The lowest BCUT2D eigenvalue weighted by molar-refractivity contribution is -0.116. The van der Waals surface area contributed by atoms with Crippen molar-refractivity contribution in [1.82, 2.24) is 0 Å². The van der Waals surface area contributed by atoms with Gasteiger partial charge in [0.15, 0.2) is 0 Å². The SMILES string of the molecule is CCC(=O)Nc1cccc(NCC(=O)Nc2cccc(C(=O)N(C)c3ccccc3)c2)c1. The highest BCUT2D eigenvalue weighted by molar-refractivity contribution is 6.06. The van der Waals surface area contributed by atoms with Crippen molar-refractivity contribution in [1.29, 1.82) is 0 Å². The Labute approximate surface area is 187 Å². The second-order valence-corrected chi connectivity index (χ2v) is 7.16. The monoisotopic (exact) mass is 430 g/mol. The molecule has 0 saturated carbocycles. The standard InChI is InChI=1S/C25H26N4O3/c1-3-23(30)27-21-12-8-10-19(16-21)26-17-24(31)28-20-11-7-9-18(15-20)25(32)29(2)22-13-5-4-6-14-22/h4-16,26H,3,17H2,1-2H3,(H,27,30)(H,28,31). The fourth-order valence-electron chi connectivity index (χ4n) is 3.04. The average molecular weight is 431 g/mol. The van der Waals surface area contributed by atoms with Gasteiger partial charge in [-0.3, -0.25) is 14.4 Å². The second-order valence-electron chi connectivity index (χ2n) is 7.16. The number of hydrogen-bond acceptors (Lipinski definition) is 4. The molecular formula is C25H26N4O3. The van der Waals surface area contributed by atoms with Gasteiger partial charge in [-0.05, 0) is 48.5 Å². The number of anilines is 4. The summed E-state index contributed by atoms with van der Waals surface area (Å²) in [5, 5.41) is 8.62. The Balaban J connectivity index is 1.58. The molecule has 3 amide bonds. The number of nitrogens with zero attached hydrogens (tertiary/aromatic N) is 1. The van der Waals surface area contributed by atoms with Crippen LogP contribution in [0.15, 0.2) is 78.9 Å². The van der Waals surface area contributed by atoms with E-state index >= 15 is 0 Å². The van der Waals surface area contributed by atoms with Crippen LogP contribution in [0.2, 0.25) is 0 Å². The van der Waals surface area contributed by atoms with Crippen molar-refractivity contribution in [2.24, 2.45) is 0 Å². The summed E-state index contributed by atoms with van der Waals surface area (Å²) in [6.45, 7) is 1.82. The predicted octanol–water partition coefficient (Wildman–Crippen LogP) is 4.36. The maximum Gasteiger partial charge on any atom is 0.258 e. The molecule has 0 heterocycles. The third-order valence-electron chi connectivity index (χ3n) is 4.76. The molecule has 0 saturated heterocycles. The molecule has 0 aliphatic carbocycles. The molecule has 3 N–H and O–H groups in total. The van der Waals surface area contributed by atoms with Crippen LogP contribution >= 0.6 is 0 Å². The van der Waals surface area contributed by atoms with Gasteiger partial charge in [-0.2, -0.15) is 0 Å². The Morgan fingerprint density at radius 2 is 1.38 bits per heavy atom. The van der Waals surface area contributed by atoms with Crippen LogP contribution in [0.4, 0.5) is 22.7 Å². The van der Waals surface area contributed by atoms with E-state index in [0.717, 1.165) is 5.69 Å². The second kappa shape index (κ2) is 10.8. The van der Waals surface area contributed by atoms with E-state index in [1.165, 1.54) is 0 Å². The zero-order chi connectivity index (χ0) is 22.9. The maximum atomic E-state index is 12.8. The van der Waals surface area contributed by atoms with Crippen molar-refractivity contribution < 1.29 is 14.4 Å². The molecule has 3 aromatic rings. The molecular weight excluding hydrogens is 404 g/mol. The van der Waals surface area contributed by atoms with Crippen LogP contribution in [0.5, 0.6) is 0 Å². The van der Waals surface area contributed by atoms with Gasteiger partial charge in [-0.15, -0.1) is 0 Å². The van der Waals surface area contributed by atoms with Gasteiger partial charge in [0.1, 0.15) is 0 Å². The first kappa shape index (κ1) is 22.6. The summed E-state index contributed by atoms with van der Waals surface area (Å²) in [7, 11) is 1.71. The molecule has 0 spiro atoms. The lowest BCUT2D eigenvalue weighted by Gasteiger charge is -2.17. The number of nitrogens with one attached hydrogen (secondary N) is 3. The van der Waals surface area contributed by atoms with Gasteiger partial charge in [0, 0.05) is 41.8 Å². The van der Waals surface area contributed by atoms with Gasteiger partial charge < -0.3 is 20.9 Å². The minimum atomic E-state index is -0.256. The summed E-state index contributed by atoms with van der Waals surface area (Å²) >= 11 is 0. The van der Waals surface area contributed by atoms with Crippen LogP contribution in [-0.2, 0) is 9.59 Å². The average Bonchev–Trinajstić information content (AvgIpc) is 2.82. The van der Waals surface area contributed by atoms with Crippen molar-refractivity contribution in [2.45, 2.75) is 13.3 Å². The third-order valence-corrected chi connectivity index (χ3v) is 4.76. The molecule has 0 bridgehead atoms. The molecule has 0 aromatic heterocycles. The lowest BCUT2D eigenvalue weighted by Crippen LogP contribution is -2.26. The van der Waals surface area contributed by atoms with E-state index < -0.39 is 0 Å². The van der Waals surface area contributed by atoms with Crippen LogP contribution in [0, 0.1) is 0 Å². The summed E-state index contributed by atoms with van der Waals surface area (Å²) < 4.78 is 0. The van der Waals surface area contributed by atoms with E-state index in [1.54, 1.807) is 61.3 Å². The number of para-hydroxylation sites is 1. The van der Waals surface area contributed by atoms with Crippen LogP contribution in [0.3, 0.4) is 0 Å². The van der Waals surface area contributed by atoms with E-state index in [4.69, 9.17) is 0 Å². The molecule has 164 valence electrons. The summed E-state index contributed by atoms with van der Waals surface area (Å²) in [4.78, 5) is 38.3. The van der Waals surface area contributed by atoms with Gasteiger partial charge >= 0.3 is 0 Å². The molecule has 7 nitrogen and oxygen atoms in total. The fraction of sp³-hybridized carbons (Fsp3) is 0.160. The molecule has 0 radical (unpaired) electrons. The smallest absolute Gasteiger partial charge is 0.258 e. The molecule has 0 atom stereocenters. The van der Waals surface area contributed by atoms with E-state index in [0.29, 0.717) is 29.0 Å². The highest BCUT2D eigenvalue weighted by Crippen LogP contribution is 2.18. The Morgan fingerprint density at radius 3 is 2.09 bits per heavy atom. The van der Waals surface area contributed by atoms with Crippen LogP contribution < -0.4 is 20.9 Å². The first-order valence-corrected chi connectivity index (χ1v) is 10.3. The lowest BCUT2D eigenvalue weighted by atomic mass is 10.1. The number of carbonyl (C=O) groups excluding carboxylic acids is 3. The van der Waals surface area contributed by atoms with Crippen molar-refractivity contribution >= 4 is 40.5 Å². The molecule has 32 heavy (non-hydrogen) atoms. The van der Waals surface area contributed by atoms with Gasteiger partial charge in [0.05, 0.1) is 6.54 Å². The van der Waals surface area contributed by atoms with E-state index in [1.807, 2.05) is 36.4 Å². The van der Waals surface area contributed by atoms with Crippen molar-refractivity contribution in [2.75, 3.05) is 34.4 Å². The van der Waals surface area contributed by atoms with Crippen molar-refractivity contribution in [3.8, 4) is 0 Å². The zero-order valence-corrected chi connectivity index (χ0v) is 18.1. The minimum Gasteiger partial charge on any atom is -0.376 e. The fourth-order valence-corrected chi connectivity index (χ4v) is 3.04. The Bertz CT molecular complexity index is 1100. The van der Waals surface area contributed by atoms with Crippen molar-refractivity contribution in [3.63, 3.8) is 0 Å². The number of rotatable bonds is 8. The van der Waals surface area contributed by atoms with Crippen LogP contribution in [-0.4, -0.2) is 31.3 Å². The largest absolute Gasteiger partial charge is 0.376 e. The summed E-state index contributed by atoms with van der Waals surface area (Å²) in [5.41, 5.74) is 3.17. The predicted molar refractivity (Wildman–Crippen MR) is 128 cm³/mol. The first-order valence-electron chi connectivity index (χ1n) is 10.3. The molecule has 3 aromatic carbocycles. The Morgan fingerprint density at radius 1 is 0.750 bits per heavy atom. The third kappa shape index (κ3) is 6.18. The molecule has 7 heteroatoms. The van der Waals surface area contributed by atoms with Crippen LogP contribution in [0.1, 0.15) is 23.7 Å². The summed E-state index contributed by atoms with van der Waals surface area (Å²) in [6, 6.07) is 23.3. The number of benzene rings is 3. The van der Waals surface area contributed by atoms with Gasteiger partial charge in [0.25, 0.3) is 5.91 Å². The molecule has 0 fully saturated rings. The van der Waals surface area contributed by atoms with Gasteiger partial charge in [-0.25, -0.2) is 0 Å². The Hall–Kier alpha value is -4.13. The highest BCUT2D eigenvalue weighted by atomic mass is 16.2. The molecule has 0 unspecified atom stereocenters. The van der Waals surface area contributed by atoms with E-state index in [9.17, 15) is 14.4 Å². The quantitative estimate of drug-likeness (QED) is 0.495. The zero-order valence-electron chi connectivity index (χ0n) is 18.1. The maximum absolute atomic E-state index is 12.8. The van der Waals surface area contributed by atoms with E-state index in [2.05, 4.69) is 16.0 Å². The number of carbonyl (C=O) groups is 3.